The van der Waals surface area contributed by atoms with Crippen molar-refractivity contribution in [2.45, 2.75) is 32.0 Å². The molecule has 2 aliphatic rings. The molecule has 6 heteroatoms. The SMILES string of the molecule is CCOC(=O)[C@H]1C2[C@H](F)C[C@@](N)(C(=O)OCC)[C@@H]21. The Bertz CT molecular complexity index is 375. The Labute approximate surface area is 105 Å². The number of rotatable bonds is 4. The number of alkyl halides is 1. The standard InChI is InChI=1S/C12H18FNO4/c1-3-17-10(15)8-7-6(13)5-12(14,9(7)8)11(16)18-4-2/h6-9H,3-5,14H2,1-2H3/t6-,7?,8+,9+,12+/m1/s1. The molecular weight excluding hydrogens is 241 g/mol. The van der Waals surface area contributed by atoms with E-state index in [9.17, 15) is 14.0 Å². The highest BCUT2D eigenvalue weighted by Gasteiger charge is 2.75. The van der Waals surface area contributed by atoms with Crippen molar-refractivity contribution in [3.63, 3.8) is 0 Å². The Balaban J connectivity index is 2.12. The van der Waals surface area contributed by atoms with Crippen molar-refractivity contribution >= 4 is 11.9 Å². The molecule has 0 aromatic heterocycles. The fourth-order valence-electron chi connectivity index (χ4n) is 3.07. The molecule has 102 valence electrons. The second kappa shape index (κ2) is 4.50. The summed E-state index contributed by atoms with van der Waals surface area (Å²) in [5.74, 6) is -2.65. The number of nitrogens with two attached hydrogens (primary N) is 1. The van der Waals surface area contributed by atoms with Crippen molar-refractivity contribution in [2.24, 2.45) is 23.5 Å². The third-order valence-corrected chi connectivity index (χ3v) is 3.83. The van der Waals surface area contributed by atoms with Crippen LogP contribution >= 0.6 is 0 Å². The van der Waals surface area contributed by atoms with Gasteiger partial charge in [-0.2, -0.15) is 0 Å². The molecule has 0 amide bonds. The highest BCUT2D eigenvalue weighted by molar-refractivity contribution is 5.87. The van der Waals surface area contributed by atoms with Crippen molar-refractivity contribution < 1.29 is 23.5 Å². The minimum Gasteiger partial charge on any atom is -0.466 e. The Morgan fingerprint density at radius 3 is 2.50 bits per heavy atom. The van der Waals surface area contributed by atoms with Crippen LogP contribution < -0.4 is 5.73 Å². The predicted molar refractivity (Wildman–Crippen MR) is 60.2 cm³/mol. The van der Waals surface area contributed by atoms with E-state index >= 15 is 0 Å². The lowest BCUT2D eigenvalue weighted by Crippen LogP contribution is -2.51. The second-order valence-corrected chi connectivity index (χ2v) is 4.86. The number of fused-ring (bicyclic) bond motifs is 1. The maximum atomic E-state index is 13.8. The topological polar surface area (TPSA) is 78.6 Å². The Hall–Kier alpha value is -1.17. The summed E-state index contributed by atoms with van der Waals surface area (Å²) in [6.45, 7) is 3.78. The van der Waals surface area contributed by atoms with Gasteiger partial charge in [-0.1, -0.05) is 0 Å². The van der Waals surface area contributed by atoms with Gasteiger partial charge in [0.05, 0.1) is 19.1 Å². The fraction of sp³-hybridized carbons (Fsp3) is 0.833. The Kier molecular flexibility index (Phi) is 3.31. The molecule has 0 spiro atoms. The number of hydrogen-bond acceptors (Lipinski definition) is 5. The molecule has 2 fully saturated rings. The van der Waals surface area contributed by atoms with Crippen LogP contribution in [0.5, 0.6) is 0 Å². The number of carbonyl (C=O) groups excluding carboxylic acids is 2. The monoisotopic (exact) mass is 259 g/mol. The first kappa shape index (κ1) is 13.3. The van der Waals surface area contributed by atoms with Crippen LogP contribution in [0.15, 0.2) is 0 Å². The van der Waals surface area contributed by atoms with Crippen LogP contribution in [0.3, 0.4) is 0 Å². The molecule has 2 saturated carbocycles. The Morgan fingerprint density at radius 1 is 1.33 bits per heavy atom. The van der Waals surface area contributed by atoms with E-state index in [1.807, 2.05) is 0 Å². The molecule has 0 aromatic carbocycles. The molecule has 0 aromatic rings. The number of esters is 2. The number of ether oxygens (including phenoxy) is 2. The van der Waals surface area contributed by atoms with Gasteiger partial charge < -0.3 is 15.2 Å². The number of hydrogen-bond donors (Lipinski definition) is 1. The van der Waals surface area contributed by atoms with E-state index in [4.69, 9.17) is 15.2 Å². The van der Waals surface area contributed by atoms with Gasteiger partial charge in [0.1, 0.15) is 11.7 Å². The van der Waals surface area contributed by atoms with Crippen molar-refractivity contribution in [3.8, 4) is 0 Å². The molecule has 0 heterocycles. The van der Waals surface area contributed by atoms with Gasteiger partial charge in [0.2, 0.25) is 0 Å². The maximum Gasteiger partial charge on any atom is 0.326 e. The van der Waals surface area contributed by atoms with E-state index in [2.05, 4.69) is 0 Å². The third-order valence-electron chi connectivity index (χ3n) is 3.83. The molecule has 1 unspecified atom stereocenters. The fourth-order valence-corrected chi connectivity index (χ4v) is 3.07. The van der Waals surface area contributed by atoms with E-state index < -0.39 is 41.4 Å². The van der Waals surface area contributed by atoms with Gasteiger partial charge in [-0.15, -0.1) is 0 Å². The zero-order valence-electron chi connectivity index (χ0n) is 10.5. The van der Waals surface area contributed by atoms with Crippen LogP contribution in [0.1, 0.15) is 20.3 Å². The summed E-state index contributed by atoms with van der Waals surface area (Å²) in [5, 5.41) is 0. The van der Waals surface area contributed by atoms with Crippen molar-refractivity contribution in [3.05, 3.63) is 0 Å². The molecule has 5 nitrogen and oxygen atoms in total. The Morgan fingerprint density at radius 2 is 1.94 bits per heavy atom. The molecule has 0 radical (unpaired) electrons. The van der Waals surface area contributed by atoms with Crippen LogP contribution in [-0.2, 0) is 19.1 Å². The van der Waals surface area contributed by atoms with E-state index in [1.54, 1.807) is 13.8 Å². The smallest absolute Gasteiger partial charge is 0.326 e. The zero-order chi connectivity index (χ0) is 13.5. The number of halogens is 1. The minimum absolute atomic E-state index is 0.0723. The van der Waals surface area contributed by atoms with Gasteiger partial charge >= 0.3 is 11.9 Å². The van der Waals surface area contributed by atoms with Crippen LogP contribution in [0.4, 0.5) is 4.39 Å². The minimum atomic E-state index is -1.38. The van der Waals surface area contributed by atoms with Gasteiger partial charge in [-0.25, -0.2) is 4.39 Å². The molecule has 5 atom stereocenters. The summed E-state index contributed by atoms with van der Waals surface area (Å²) in [7, 11) is 0. The van der Waals surface area contributed by atoms with Gasteiger partial charge in [0, 0.05) is 18.3 Å². The zero-order valence-corrected chi connectivity index (χ0v) is 10.5. The lowest BCUT2D eigenvalue weighted by Gasteiger charge is -2.25. The first-order chi connectivity index (χ1) is 8.47. The average molecular weight is 259 g/mol. The first-order valence-electron chi connectivity index (χ1n) is 6.24. The van der Waals surface area contributed by atoms with Crippen LogP contribution in [0, 0.1) is 17.8 Å². The van der Waals surface area contributed by atoms with Gasteiger partial charge in [-0.3, -0.25) is 9.59 Å². The van der Waals surface area contributed by atoms with Crippen molar-refractivity contribution in [2.75, 3.05) is 13.2 Å². The first-order valence-corrected chi connectivity index (χ1v) is 6.24. The molecule has 18 heavy (non-hydrogen) atoms. The van der Waals surface area contributed by atoms with Crippen LogP contribution in [0.2, 0.25) is 0 Å². The van der Waals surface area contributed by atoms with Crippen molar-refractivity contribution in [1.82, 2.24) is 0 Å². The summed E-state index contributed by atoms with van der Waals surface area (Å²) in [6.07, 6.45) is -1.31. The molecule has 0 aliphatic heterocycles. The average Bonchev–Trinajstić information content (AvgIpc) is 2.99. The largest absolute Gasteiger partial charge is 0.466 e. The summed E-state index contributed by atoms with van der Waals surface area (Å²) >= 11 is 0. The van der Waals surface area contributed by atoms with Gasteiger partial charge in [-0.05, 0) is 13.8 Å². The number of carbonyl (C=O) groups is 2. The van der Waals surface area contributed by atoms with E-state index in [-0.39, 0.29) is 19.6 Å². The highest BCUT2D eigenvalue weighted by Crippen LogP contribution is 2.63. The summed E-state index contributed by atoms with van der Waals surface area (Å²) < 4.78 is 23.6. The van der Waals surface area contributed by atoms with Gasteiger partial charge in [0.15, 0.2) is 0 Å². The molecule has 0 saturated heterocycles. The summed E-state index contributed by atoms with van der Waals surface area (Å²) in [4.78, 5) is 23.4. The molecule has 0 bridgehead atoms. The van der Waals surface area contributed by atoms with E-state index in [1.165, 1.54) is 0 Å². The summed E-state index contributed by atoms with van der Waals surface area (Å²) in [6, 6.07) is 0. The highest BCUT2D eigenvalue weighted by atomic mass is 19.1. The third kappa shape index (κ3) is 1.79. The predicted octanol–water partition coefficient (Wildman–Crippen LogP) is 0.414. The molecule has 2 aliphatic carbocycles. The second-order valence-electron chi connectivity index (χ2n) is 4.86. The van der Waals surface area contributed by atoms with Crippen LogP contribution in [0.25, 0.3) is 0 Å². The lowest BCUT2D eigenvalue weighted by atomic mass is 9.91. The summed E-state index contributed by atoms with van der Waals surface area (Å²) in [5.41, 5.74) is 4.59. The maximum absolute atomic E-state index is 13.8. The lowest BCUT2D eigenvalue weighted by molar-refractivity contribution is -0.152. The molecular formula is C12H18FNO4. The van der Waals surface area contributed by atoms with Crippen LogP contribution in [-0.4, -0.2) is 36.9 Å². The normalized spacial score (nSPS) is 41.1. The van der Waals surface area contributed by atoms with E-state index in [0.717, 1.165) is 0 Å². The van der Waals surface area contributed by atoms with Crippen molar-refractivity contribution in [1.29, 1.82) is 0 Å². The quantitative estimate of drug-likeness (QED) is 0.740. The van der Waals surface area contributed by atoms with E-state index in [0.29, 0.717) is 0 Å². The van der Waals surface area contributed by atoms with Gasteiger partial charge in [0.25, 0.3) is 0 Å². The molecule has 2 rings (SSSR count). The molecule has 2 N–H and O–H groups in total.